The zero-order valence-electron chi connectivity index (χ0n) is 14.3. The van der Waals surface area contributed by atoms with Crippen LogP contribution in [0.15, 0.2) is 47.7 Å². The molecule has 0 spiro atoms. The Bertz CT molecular complexity index is 624. The van der Waals surface area contributed by atoms with Gasteiger partial charge in [-0.3, -0.25) is 4.79 Å². The Morgan fingerprint density at radius 3 is 2.33 bits per heavy atom. The Hall–Kier alpha value is -1.54. The molecule has 1 aliphatic heterocycles. The molecule has 1 aromatic carbocycles. The molecule has 2 nitrogen and oxygen atoms in total. The molecule has 24 heavy (non-hydrogen) atoms. The highest BCUT2D eigenvalue weighted by atomic mass is 35.5. The fourth-order valence-electron chi connectivity index (χ4n) is 3.68. The summed E-state index contributed by atoms with van der Waals surface area (Å²) < 4.78 is 0. The number of hydrogen-bond donors (Lipinski definition) is 0. The Balaban J connectivity index is 1.78. The average molecular weight is 344 g/mol. The molecule has 1 aromatic rings. The van der Waals surface area contributed by atoms with E-state index in [1.807, 2.05) is 0 Å². The quantitative estimate of drug-likeness (QED) is 0.510. The third-order valence-electron chi connectivity index (χ3n) is 5.03. The summed E-state index contributed by atoms with van der Waals surface area (Å²) in [5.41, 5.74) is 3.56. The maximum Gasteiger partial charge on any atom is 0.185 e. The largest absolute Gasteiger partial charge is 0.375 e. The minimum absolute atomic E-state index is 0.0569. The van der Waals surface area contributed by atoms with Gasteiger partial charge in [-0.05, 0) is 80.9 Å². The Kier molecular flexibility index (Phi) is 6.14. The van der Waals surface area contributed by atoms with E-state index in [0.717, 1.165) is 12.8 Å². The maximum absolute atomic E-state index is 12.4. The second-order valence-electron chi connectivity index (χ2n) is 6.78. The summed E-state index contributed by atoms with van der Waals surface area (Å²) in [6, 6.07) is 7.13. The first-order valence-corrected chi connectivity index (χ1v) is 9.57. The van der Waals surface area contributed by atoms with Crippen LogP contribution in [0, 0.1) is 0 Å². The fourth-order valence-corrected chi connectivity index (χ4v) is 3.81. The Labute approximate surface area is 150 Å². The molecule has 0 N–H and O–H groups in total. The number of nitrogens with zero attached hydrogens (tertiary/aromatic N) is 1. The lowest BCUT2D eigenvalue weighted by atomic mass is 10.0. The lowest BCUT2D eigenvalue weighted by molar-refractivity contribution is 0.104. The van der Waals surface area contributed by atoms with Crippen LogP contribution in [0.2, 0.25) is 5.02 Å². The van der Waals surface area contributed by atoms with Gasteiger partial charge < -0.3 is 4.90 Å². The molecule has 0 amide bonds. The number of benzene rings is 1. The highest BCUT2D eigenvalue weighted by Gasteiger charge is 2.18. The molecular weight excluding hydrogens is 318 g/mol. The van der Waals surface area contributed by atoms with Crippen molar-refractivity contribution in [1.29, 1.82) is 0 Å². The van der Waals surface area contributed by atoms with Crippen molar-refractivity contribution in [3.63, 3.8) is 0 Å². The average Bonchev–Trinajstić information content (AvgIpc) is 2.86. The lowest BCUT2D eigenvalue weighted by Gasteiger charge is -2.32. The lowest BCUT2D eigenvalue weighted by Crippen LogP contribution is -2.29. The van der Waals surface area contributed by atoms with E-state index >= 15 is 0 Å². The Morgan fingerprint density at radius 1 is 0.917 bits per heavy atom. The van der Waals surface area contributed by atoms with Crippen LogP contribution < -0.4 is 0 Å². The van der Waals surface area contributed by atoms with Crippen molar-refractivity contribution in [2.45, 2.75) is 51.4 Å². The zero-order chi connectivity index (χ0) is 16.8. The van der Waals surface area contributed by atoms with E-state index in [9.17, 15) is 4.79 Å². The number of allylic oxidation sites excluding steroid dienone is 4. The van der Waals surface area contributed by atoms with Gasteiger partial charge in [0.2, 0.25) is 0 Å². The summed E-state index contributed by atoms with van der Waals surface area (Å²) in [5, 5.41) is 0.661. The summed E-state index contributed by atoms with van der Waals surface area (Å²) in [6.07, 6.45) is 13.8. The summed E-state index contributed by atoms with van der Waals surface area (Å²) in [7, 11) is 0. The minimum atomic E-state index is 0.0569. The van der Waals surface area contributed by atoms with Crippen LogP contribution in [-0.2, 0) is 0 Å². The summed E-state index contributed by atoms with van der Waals surface area (Å²) >= 11 is 5.90. The smallest absolute Gasteiger partial charge is 0.185 e. The molecule has 0 aromatic heterocycles. The number of hydrogen-bond acceptors (Lipinski definition) is 2. The normalized spacial score (nSPS) is 19.6. The third kappa shape index (κ3) is 4.51. The van der Waals surface area contributed by atoms with Gasteiger partial charge >= 0.3 is 0 Å². The van der Waals surface area contributed by atoms with Crippen molar-refractivity contribution in [3.05, 3.63) is 58.3 Å². The topological polar surface area (TPSA) is 20.3 Å². The van der Waals surface area contributed by atoms with E-state index in [4.69, 9.17) is 11.6 Å². The van der Waals surface area contributed by atoms with Gasteiger partial charge in [-0.1, -0.05) is 24.1 Å². The predicted molar refractivity (Wildman–Crippen MR) is 100 cm³/mol. The van der Waals surface area contributed by atoms with Crippen LogP contribution in [0.4, 0.5) is 0 Å². The summed E-state index contributed by atoms with van der Waals surface area (Å²) in [6.45, 7) is 2.36. The molecule has 1 heterocycles. The van der Waals surface area contributed by atoms with Gasteiger partial charge in [0.05, 0.1) is 0 Å². The standard InChI is InChI=1S/C21H26ClNO/c22-19-12-9-18(10-13-19)21(24)14-11-17-7-3-1-4-8-20(17)23-15-5-2-6-16-23/h9-14H,1-8,15-16H2/b14-11-. The zero-order valence-corrected chi connectivity index (χ0v) is 15.0. The SMILES string of the molecule is O=C(/C=C\C1=C(N2CCCCC2)CCCCC1)c1ccc(Cl)cc1. The van der Waals surface area contributed by atoms with Crippen molar-refractivity contribution < 1.29 is 4.79 Å². The molecule has 0 unspecified atom stereocenters. The van der Waals surface area contributed by atoms with Crippen molar-refractivity contribution in [3.8, 4) is 0 Å². The molecule has 1 fully saturated rings. The summed E-state index contributed by atoms with van der Waals surface area (Å²) in [5.74, 6) is 0.0569. The first-order valence-electron chi connectivity index (χ1n) is 9.19. The maximum atomic E-state index is 12.4. The van der Waals surface area contributed by atoms with Gasteiger partial charge in [0.25, 0.3) is 0 Å². The third-order valence-corrected chi connectivity index (χ3v) is 5.28. The molecule has 3 rings (SSSR count). The molecule has 0 bridgehead atoms. The van der Waals surface area contributed by atoms with Gasteiger partial charge in [-0.2, -0.15) is 0 Å². The highest BCUT2D eigenvalue weighted by molar-refractivity contribution is 6.30. The molecule has 0 saturated carbocycles. The first kappa shape index (κ1) is 17.3. The molecule has 0 radical (unpaired) electrons. The van der Waals surface area contributed by atoms with E-state index in [0.29, 0.717) is 10.6 Å². The number of ketones is 1. The highest BCUT2D eigenvalue weighted by Crippen LogP contribution is 2.29. The van der Waals surface area contributed by atoms with Gasteiger partial charge in [-0.15, -0.1) is 0 Å². The number of carbonyl (C=O) groups excluding carboxylic acids is 1. The molecule has 0 atom stereocenters. The van der Waals surface area contributed by atoms with E-state index in [-0.39, 0.29) is 5.78 Å². The van der Waals surface area contributed by atoms with Crippen LogP contribution in [0.1, 0.15) is 61.7 Å². The second kappa shape index (κ2) is 8.53. The predicted octanol–water partition coefficient (Wildman–Crippen LogP) is 5.78. The molecule has 1 aliphatic carbocycles. The van der Waals surface area contributed by atoms with E-state index in [1.165, 1.54) is 62.9 Å². The number of halogens is 1. The monoisotopic (exact) mass is 343 g/mol. The van der Waals surface area contributed by atoms with Crippen LogP contribution in [-0.4, -0.2) is 23.8 Å². The molecule has 128 valence electrons. The van der Waals surface area contributed by atoms with Crippen LogP contribution in [0.25, 0.3) is 0 Å². The van der Waals surface area contributed by atoms with Crippen molar-refractivity contribution in [1.82, 2.24) is 4.90 Å². The van der Waals surface area contributed by atoms with Crippen molar-refractivity contribution >= 4 is 17.4 Å². The molecule has 1 saturated heterocycles. The summed E-state index contributed by atoms with van der Waals surface area (Å²) in [4.78, 5) is 15.0. The van der Waals surface area contributed by atoms with E-state index in [2.05, 4.69) is 11.0 Å². The molecular formula is C21H26ClNO. The van der Waals surface area contributed by atoms with Crippen molar-refractivity contribution in [2.75, 3.05) is 13.1 Å². The number of rotatable bonds is 4. The van der Waals surface area contributed by atoms with Crippen LogP contribution >= 0.6 is 11.6 Å². The number of carbonyl (C=O) groups is 1. The second-order valence-corrected chi connectivity index (χ2v) is 7.22. The first-order chi connectivity index (χ1) is 11.7. The van der Waals surface area contributed by atoms with Gasteiger partial charge in [0, 0.05) is 29.4 Å². The van der Waals surface area contributed by atoms with E-state index in [1.54, 1.807) is 30.3 Å². The molecule has 2 aliphatic rings. The van der Waals surface area contributed by atoms with Gasteiger partial charge in [-0.25, -0.2) is 0 Å². The minimum Gasteiger partial charge on any atom is -0.375 e. The Morgan fingerprint density at radius 2 is 1.58 bits per heavy atom. The van der Waals surface area contributed by atoms with Gasteiger partial charge in [0.1, 0.15) is 0 Å². The van der Waals surface area contributed by atoms with Crippen LogP contribution in [0.3, 0.4) is 0 Å². The number of likely N-dealkylation sites (tertiary alicyclic amines) is 1. The number of piperidine rings is 1. The van der Waals surface area contributed by atoms with Crippen molar-refractivity contribution in [2.24, 2.45) is 0 Å². The fraction of sp³-hybridized carbons (Fsp3) is 0.476. The molecule has 3 heteroatoms. The van der Waals surface area contributed by atoms with Crippen LogP contribution in [0.5, 0.6) is 0 Å². The van der Waals surface area contributed by atoms with Gasteiger partial charge in [0.15, 0.2) is 5.78 Å². The van der Waals surface area contributed by atoms with E-state index < -0.39 is 0 Å².